The maximum absolute atomic E-state index is 12.0. The summed E-state index contributed by atoms with van der Waals surface area (Å²) in [6, 6.07) is 12.0. The van der Waals surface area contributed by atoms with Crippen LogP contribution in [-0.4, -0.2) is 32.1 Å². The first-order chi connectivity index (χ1) is 12.0. The third-order valence-corrected chi connectivity index (χ3v) is 3.97. The Hall–Kier alpha value is -2.44. The minimum Gasteiger partial charge on any atom is -0.495 e. The van der Waals surface area contributed by atoms with Crippen LogP contribution in [0.4, 0.5) is 5.69 Å². The number of carbonyl (C=O) groups is 1. The van der Waals surface area contributed by atoms with Crippen molar-refractivity contribution in [3.8, 4) is 5.75 Å². The molecular formula is C17H18Cl2N4O2. The van der Waals surface area contributed by atoms with Gasteiger partial charge < -0.3 is 21.1 Å². The van der Waals surface area contributed by atoms with Crippen LogP contribution in [0.2, 0.25) is 10.0 Å². The molecule has 2 aromatic carbocycles. The Bertz CT molecular complexity index is 781. The fourth-order valence-electron chi connectivity index (χ4n) is 2.01. The quantitative estimate of drug-likeness (QED) is 0.408. The molecule has 0 saturated carbocycles. The number of para-hydroxylation sites is 2. The normalized spacial score (nSPS) is 11.1. The van der Waals surface area contributed by atoms with Crippen LogP contribution in [-0.2, 0) is 0 Å². The molecular weight excluding hydrogens is 363 g/mol. The summed E-state index contributed by atoms with van der Waals surface area (Å²) in [5.41, 5.74) is 6.98. The Morgan fingerprint density at radius 1 is 1.20 bits per heavy atom. The first-order valence-corrected chi connectivity index (χ1v) is 8.20. The van der Waals surface area contributed by atoms with Crippen molar-refractivity contribution < 1.29 is 9.53 Å². The molecule has 0 saturated heterocycles. The van der Waals surface area contributed by atoms with Gasteiger partial charge in [-0.25, -0.2) is 0 Å². The number of methoxy groups -OCH3 is 1. The number of guanidine groups is 1. The molecule has 2 rings (SSSR count). The third kappa shape index (κ3) is 5.55. The van der Waals surface area contributed by atoms with Crippen LogP contribution in [0, 0.1) is 0 Å². The van der Waals surface area contributed by atoms with E-state index in [1.165, 1.54) is 6.07 Å². The number of ether oxygens (including phenoxy) is 1. The van der Waals surface area contributed by atoms with E-state index in [9.17, 15) is 4.79 Å². The molecule has 0 aliphatic rings. The highest BCUT2D eigenvalue weighted by molar-refractivity contribution is 6.42. The predicted octanol–water partition coefficient (Wildman–Crippen LogP) is 3.16. The number of carbonyl (C=O) groups excluding carboxylic acids is 1. The van der Waals surface area contributed by atoms with Gasteiger partial charge in [-0.05, 0) is 30.3 Å². The van der Waals surface area contributed by atoms with Crippen LogP contribution in [0.1, 0.15) is 10.4 Å². The van der Waals surface area contributed by atoms with Crippen molar-refractivity contribution >= 4 is 40.8 Å². The lowest BCUT2D eigenvalue weighted by atomic mass is 10.2. The largest absolute Gasteiger partial charge is 0.495 e. The third-order valence-electron chi connectivity index (χ3n) is 3.23. The minimum absolute atomic E-state index is 0.230. The van der Waals surface area contributed by atoms with E-state index in [-0.39, 0.29) is 11.9 Å². The molecule has 0 unspecified atom stereocenters. The number of nitrogens with two attached hydrogens (primary N) is 1. The number of aliphatic imine (C=N–C) groups is 1. The minimum atomic E-state index is -0.259. The Morgan fingerprint density at radius 2 is 1.96 bits per heavy atom. The summed E-state index contributed by atoms with van der Waals surface area (Å²) in [7, 11) is 1.58. The van der Waals surface area contributed by atoms with E-state index in [0.29, 0.717) is 40.1 Å². The zero-order valence-corrected chi connectivity index (χ0v) is 15.1. The highest BCUT2D eigenvalue weighted by Crippen LogP contribution is 2.23. The van der Waals surface area contributed by atoms with Crippen LogP contribution >= 0.6 is 23.2 Å². The van der Waals surface area contributed by atoms with E-state index in [1.54, 1.807) is 19.2 Å². The Balaban J connectivity index is 1.83. The average molecular weight is 381 g/mol. The lowest BCUT2D eigenvalue weighted by Gasteiger charge is -2.10. The number of nitrogens with one attached hydrogen (secondary N) is 2. The van der Waals surface area contributed by atoms with E-state index in [1.807, 2.05) is 24.3 Å². The summed E-state index contributed by atoms with van der Waals surface area (Å²) in [5.74, 6) is 0.631. The monoisotopic (exact) mass is 380 g/mol. The Kier molecular flexibility index (Phi) is 6.91. The maximum atomic E-state index is 12.0. The van der Waals surface area contributed by atoms with Gasteiger partial charge in [0, 0.05) is 12.1 Å². The standard InChI is InChI=1S/C17H18Cl2N4O2/c1-25-15-5-3-2-4-14(15)23-17(20)22-9-8-21-16(24)11-6-7-12(18)13(19)10-11/h2-7,10H,8-9H2,1H3,(H,21,24)(H3,20,22,23). The SMILES string of the molecule is COc1ccccc1NC(N)=NCCNC(=O)c1ccc(Cl)c(Cl)c1. The predicted molar refractivity (Wildman–Crippen MR) is 102 cm³/mol. The molecule has 25 heavy (non-hydrogen) atoms. The number of hydrogen-bond donors (Lipinski definition) is 3. The molecule has 0 heterocycles. The fourth-order valence-corrected chi connectivity index (χ4v) is 2.31. The lowest BCUT2D eigenvalue weighted by molar-refractivity contribution is 0.0955. The topological polar surface area (TPSA) is 88.7 Å². The number of anilines is 1. The van der Waals surface area contributed by atoms with Gasteiger partial charge in [0.2, 0.25) is 0 Å². The van der Waals surface area contributed by atoms with Crippen LogP contribution in [0.5, 0.6) is 5.75 Å². The van der Waals surface area contributed by atoms with Crippen LogP contribution in [0.3, 0.4) is 0 Å². The zero-order valence-electron chi connectivity index (χ0n) is 13.6. The Labute approximate surface area is 156 Å². The summed E-state index contributed by atoms with van der Waals surface area (Å²) < 4.78 is 5.22. The molecule has 2 aromatic rings. The molecule has 0 fully saturated rings. The zero-order chi connectivity index (χ0) is 18.2. The fraction of sp³-hybridized carbons (Fsp3) is 0.176. The lowest BCUT2D eigenvalue weighted by Crippen LogP contribution is -2.28. The average Bonchev–Trinajstić information content (AvgIpc) is 2.61. The maximum Gasteiger partial charge on any atom is 0.251 e. The first-order valence-electron chi connectivity index (χ1n) is 7.44. The summed E-state index contributed by atoms with van der Waals surface area (Å²) in [6.45, 7) is 0.647. The van der Waals surface area contributed by atoms with Gasteiger partial charge in [0.15, 0.2) is 5.96 Å². The van der Waals surface area contributed by atoms with Gasteiger partial charge in [-0.2, -0.15) is 0 Å². The van der Waals surface area contributed by atoms with Crippen molar-refractivity contribution in [3.05, 3.63) is 58.1 Å². The number of amides is 1. The first kappa shape index (κ1) is 18.9. The number of rotatable bonds is 6. The molecule has 132 valence electrons. The summed E-state index contributed by atoms with van der Waals surface area (Å²) in [5, 5.41) is 6.42. The van der Waals surface area contributed by atoms with Crippen molar-refractivity contribution in [3.63, 3.8) is 0 Å². The van der Waals surface area contributed by atoms with Crippen molar-refractivity contribution in [2.45, 2.75) is 0 Å². The van der Waals surface area contributed by atoms with Crippen LogP contribution in [0.15, 0.2) is 47.5 Å². The summed E-state index contributed by atoms with van der Waals surface area (Å²) >= 11 is 11.7. The van der Waals surface area contributed by atoms with Gasteiger partial charge in [0.25, 0.3) is 5.91 Å². The van der Waals surface area contributed by atoms with Gasteiger partial charge in [-0.15, -0.1) is 0 Å². The number of benzene rings is 2. The molecule has 6 nitrogen and oxygen atoms in total. The van der Waals surface area contributed by atoms with Crippen molar-refractivity contribution in [2.24, 2.45) is 10.7 Å². The van der Waals surface area contributed by atoms with E-state index >= 15 is 0 Å². The van der Waals surface area contributed by atoms with Gasteiger partial charge in [-0.3, -0.25) is 9.79 Å². The second-order valence-electron chi connectivity index (χ2n) is 4.98. The van der Waals surface area contributed by atoms with E-state index in [4.69, 9.17) is 33.7 Å². The molecule has 0 bridgehead atoms. The highest BCUT2D eigenvalue weighted by Gasteiger charge is 2.07. The van der Waals surface area contributed by atoms with Crippen molar-refractivity contribution in [1.82, 2.24) is 5.32 Å². The summed E-state index contributed by atoms with van der Waals surface area (Å²) in [4.78, 5) is 16.2. The van der Waals surface area contributed by atoms with E-state index in [0.717, 1.165) is 0 Å². The molecule has 4 N–H and O–H groups in total. The van der Waals surface area contributed by atoms with Gasteiger partial charge >= 0.3 is 0 Å². The molecule has 0 atom stereocenters. The Morgan fingerprint density at radius 3 is 2.68 bits per heavy atom. The van der Waals surface area contributed by atoms with Gasteiger partial charge in [0.1, 0.15) is 5.75 Å². The molecule has 0 aliphatic carbocycles. The second kappa shape index (κ2) is 9.15. The molecule has 0 aliphatic heterocycles. The highest BCUT2D eigenvalue weighted by atomic mass is 35.5. The van der Waals surface area contributed by atoms with Crippen LogP contribution < -0.4 is 21.1 Å². The second-order valence-corrected chi connectivity index (χ2v) is 5.79. The smallest absolute Gasteiger partial charge is 0.251 e. The molecule has 0 aromatic heterocycles. The molecule has 0 spiro atoms. The molecule has 1 amide bonds. The number of nitrogens with zero attached hydrogens (tertiary/aromatic N) is 1. The van der Waals surface area contributed by atoms with E-state index < -0.39 is 0 Å². The van der Waals surface area contributed by atoms with Gasteiger partial charge in [0.05, 0.1) is 29.4 Å². The van der Waals surface area contributed by atoms with E-state index in [2.05, 4.69) is 15.6 Å². The van der Waals surface area contributed by atoms with Crippen molar-refractivity contribution in [2.75, 3.05) is 25.5 Å². The number of halogens is 2. The van der Waals surface area contributed by atoms with Gasteiger partial charge in [-0.1, -0.05) is 35.3 Å². The van der Waals surface area contributed by atoms with Crippen LogP contribution in [0.25, 0.3) is 0 Å². The summed E-state index contributed by atoms with van der Waals surface area (Å²) in [6.07, 6.45) is 0. The van der Waals surface area contributed by atoms with Crippen molar-refractivity contribution in [1.29, 1.82) is 0 Å². The molecule has 8 heteroatoms. The number of hydrogen-bond acceptors (Lipinski definition) is 3. The molecule has 0 radical (unpaired) electrons.